The third-order valence-electron chi connectivity index (χ3n) is 17.4. The maximum absolute atomic E-state index is 7.05. The van der Waals surface area contributed by atoms with E-state index in [4.69, 9.17) is 19.5 Å². The Bertz CT molecular complexity index is 1950. The highest BCUT2D eigenvalue weighted by Crippen LogP contribution is 2.55. The number of hydrogen-bond acceptors (Lipinski definition) is 6. The Morgan fingerprint density at radius 2 is 1.40 bits per heavy atom. The summed E-state index contributed by atoms with van der Waals surface area (Å²) in [5.41, 5.74) is 7.91. The quantitative estimate of drug-likeness (QED) is 0.178. The van der Waals surface area contributed by atoms with E-state index in [1.807, 2.05) is 6.20 Å². The van der Waals surface area contributed by atoms with Crippen LogP contribution in [-0.2, 0) is 40.6 Å². The summed E-state index contributed by atoms with van der Waals surface area (Å²) in [6.07, 6.45) is 33.2. The van der Waals surface area contributed by atoms with Crippen LogP contribution in [0.4, 0.5) is 0 Å². The zero-order valence-corrected chi connectivity index (χ0v) is 36.7. The lowest BCUT2D eigenvalue weighted by atomic mass is 9.64. The van der Waals surface area contributed by atoms with Gasteiger partial charge in [-0.15, -0.1) is 0 Å². The molecule has 60 heavy (non-hydrogen) atoms. The van der Waals surface area contributed by atoms with Gasteiger partial charge in [0.1, 0.15) is 0 Å². The molecule has 320 valence electrons. The van der Waals surface area contributed by atoms with Crippen molar-refractivity contribution < 1.29 is 9.47 Å². The molecule has 4 fully saturated rings. The highest BCUT2D eigenvalue weighted by molar-refractivity contribution is 5.72. The first-order valence-corrected chi connectivity index (χ1v) is 24.3. The fourth-order valence-electron chi connectivity index (χ4n) is 14.2. The summed E-state index contributed by atoms with van der Waals surface area (Å²) in [6.45, 7) is 6.26. The van der Waals surface area contributed by atoms with Crippen molar-refractivity contribution in [1.82, 2.24) is 15.6 Å². The minimum absolute atomic E-state index is 0.0243. The SMILES string of the molecule is CC1(NCC[C@@]2(c3ccccn3)CCOC3(CCC(CC4(NCC[C@@]5(C6CC=CC=N6)CCOC6(CCCC6)C5)Cc5ccccc5C4)C3)C2)CCc2ccccc2CC1. The number of aryl methyl sites for hydroxylation is 2. The molecule has 0 bridgehead atoms. The van der Waals surface area contributed by atoms with Gasteiger partial charge in [-0.3, -0.25) is 9.98 Å². The lowest BCUT2D eigenvalue weighted by molar-refractivity contribution is -0.131. The van der Waals surface area contributed by atoms with Gasteiger partial charge in [-0.25, -0.2) is 0 Å². The minimum atomic E-state index is -0.0742. The molecular weight excluding hydrogens is 737 g/mol. The Labute approximate surface area is 361 Å². The molecule has 3 unspecified atom stereocenters. The van der Waals surface area contributed by atoms with Crippen molar-refractivity contribution in [2.75, 3.05) is 26.3 Å². The largest absolute Gasteiger partial charge is 0.375 e. The highest BCUT2D eigenvalue weighted by atomic mass is 16.5. The zero-order valence-electron chi connectivity index (χ0n) is 36.7. The number of aromatic nitrogens is 1. The average Bonchev–Trinajstić information content (AvgIpc) is 3.96. The second-order valence-corrected chi connectivity index (χ2v) is 21.4. The third-order valence-corrected chi connectivity index (χ3v) is 17.4. The van der Waals surface area contributed by atoms with E-state index in [-0.39, 0.29) is 33.1 Å². The molecular formula is C54H72N4O2. The molecule has 2 aromatic carbocycles. The molecule has 2 spiro atoms. The van der Waals surface area contributed by atoms with Crippen LogP contribution >= 0.6 is 0 Å². The van der Waals surface area contributed by atoms with Crippen LogP contribution in [0.3, 0.4) is 0 Å². The lowest BCUT2D eigenvalue weighted by Gasteiger charge is -2.50. The number of rotatable bonds is 12. The molecule has 4 aliphatic carbocycles. The Morgan fingerprint density at radius 3 is 2.12 bits per heavy atom. The summed E-state index contributed by atoms with van der Waals surface area (Å²) >= 11 is 0. The molecule has 1 aromatic heterocycles. The Hall–Kier alpha value is -3.16. The van der Waals surface area contributed by atoms with Gasteiger partial charge >= 0.3 is 0 Å². The van der Waals surface area contributed by atoms with Gasteiger partial charge in [-0.1, -0.05) is 73.5 Å². The third kappa shape index (κ3) is 8.37. The molecule has 6 heteroatoms. The molecule has 3 aliphatic heterocycles. The van der Waals surface area contributed by atoms with Crippen molar-refractivity contribution in [3.05, 3.63) is 113 Å². The van der Waals surface area contributed by atoms with Gasteiger partial charge in [0.2, 0.25) is 0 Å². The van der Waals surface area contributed by atoms with Gasteiger partial charge in [0.15, 0.2) is 0 Å². The molecule has 0 amide bonds. The molecule has 6 nitrogen and oxygen atoms in total. The number of benzene rings is 2. The van der Waals surface area contributed by atoms with E-state index in [0.29, 0.717) is 12.0 Å². The summed E-state index contributed by atoms with van der Waals surface area (Å²) in [4.78, 5) is 10.3. The predicted molar refractivity (Wildman–Crippen MR) is 244 cm³/mol. The fraction of sp³-hybridized carbons (Fsp3) is 0.630. The van der Waals surface area contributed by atoms with Crippen molar-refractivity contribution in [1.29, 1.82) is 0 Å². The van der Waals surface area contributed by atoms with E-state index in [2.05, 4.69) is 103 Å². The Kier molecular flexibility index (Phi) is 11.5. The van der Waals surface area contributed by atoms with Crippen molar-refractivity contribution in [3.63, 3.8) is 0 Å². The van der Waals surface area contributed by atoms with Crippen LogP contribution < -0.4 is 10.6 Å². The summed E-state index contributed by atoms with van der Waals surface area (Å²) in [6, 6.07) is 25.4. The van der Waals surface area contributed by atoms with Gasteiger partial charge in [-0.05, 0) is 194 Å². The number of ether oxygens (including phenoxy) is 2. The Balaban J connectivity index is 0.839. The van der Waals surface area contributed by atoms with Crippen molar-refractivity contribution >= 4 is 6.21 Å². The predicted octanol–water partition coefficient (Wildman–Crippen LogP) is 10.4. The van der Waals surface area contributed by atoms with Crippen molar-refractivity contribution in [2.45, 2.75) is 175 Å². The van der Waals surface area contributed by atoms with E-state index in [1.54, 1.807) is 22.3 Å². The number of hydrogen-bond donors (Lipinski definition) is 2. The number of nitrogens with zero attached hydrogens (tertiary/aromatic N) is 2. The number of fused-ring (bicyclic) bond motifs is 2. The number of dihydropyridines is 1. The molecule has 2 N–H and O–H groups in total. The van der Waals surface area contributed by atoms with E-state index in [9.17, 15) is 0 Å². The van der Waals surface area contributed by atoms with Crippen LogP contribution in [0.1, 0.15) is 144 Å². The summed E-state index contributed by atoms with van der Waals surface area (Å²) in [5.74, 6) is 0.642. The number of nitrogens with one attached hydrogen (secondary N) is 2. The standard InChI is InChI=1S/C54H72N4O2/c1-49(23-19-43-12-2-3-13-44(43)20-24-49)57-32-26-51(48-17-7-11-31-56-48)29-35-60-54(41-51)25-18-42(37-54)36-52(38-45-14-4-5-15-46(45)39-52)58-33-27-50(47-16-6-10-30-55-47)28-34-59-53(40-50)21-8-9-22-53/h2-7,10-15,17,30-31,42,47,57-58H,8-9,16,18-29,32-41H2,1H3/t42?,47?,50-,51-,54?/m1/s1. The summed E-state index contributed by atoms with van der Waals surface area (Å²) in [7, 11) is 0. The molecule has 5 atom stereocenters. The fourth-order valence-corrected chi connectivity index (χ4v) is 14.2. The van der Waals surface area contributed by atoms with E-state index >= 15 is 0 Å². The van der Waals surface area contributed by atoms with E-state index in [1.165, 1.54) is 69.9 Å². The monoisotopic (exact) mass is 809 g/mol. The molecule has 2 saturated heterocycles. The van der Waals surface area contributed by atoms with Crippen LogP contribution in [0.25, 0.3) is 0 Å². The van der Waals surface area contributed by atoms with Gasteiger partial charge in [-0.2, -0.15) is 0 Å². The van der Waals surface area contributed by atoms with Crippen LogP contribution in [0, 0.1) is 11.3 Å². The number of pyridine rings is 1. The Morgan fingerprint density at radius 1 is 0.700 bits per heavy atom. The smallest absolute Gasteiger partial charge is 0.0694 e. The second kappa shape index (κ2) is 16.8. The van der Waals surface area contributed by atoms with Crippen LogP contribution in [-0.4, -0.2) is 65.8 Å². The second-order valence-electron chi connectivity index (χ2n) is 21.4. The summed E-state index contributed by atoms with van der Waals surface area (Å²) in [5, 5.41) is 8.55. The first-order chi connectivity index (χ1) is 29.3. The van der Waals surface area contributed by atoms with Gasteiger partial charge in [0.25, 0.3) is 0 Å². The minimum Gasteiger partial charge on any atom is -0.375 e. The van der Waals surface area contributed by atoms with Crippen molar-refractivity contribution in [3.8, 4) is 0 Å². The molecule has 4 heterocycles. The molecule has 2 saturated carbocycles. The zero-order chi connectivity index (χ0) is 40.6. The maximum Gasteiger partial charge on any atom is 0.0694 e. The number of allylic oxidation sites excluding steroid dienone is 1. The average molecular weight is 809 g/mol. The molecule has 10 rings (SSSR count). The first-order valence-electron chi connectivity index (χ1n) is 24.3. The lowest BCUT2D eigenvalue weighted by Crippen LogP contribution is -2.53. The van der Waals surface area contributed by atoms with E-state index in [0.717, 1.165) is 96.9 Å². The summed E-state index contributed by atoms with van der Waals surface area (Å²) < 4.78 is 13.7. The highest BCUT2D eigenvalue weighted by Gasteiger charge is 2.53. The van der Waals surface area contributed by atoms with Crippen LogP contribution in [0.15, 0.2) is 90.1 Å². The van der Waals surface area contributed by atoms with Gasteiger partial charge in [0, 0.05) is 47.8 Å². The van der Waals surface area contributed by atoms with Gasteiger partial charge < -0.3 is 20.1 Å². The van der Waals surface area contributed by atoms with Crippen LogP contribution in [0.2, 0.25) is 0 Å². The molecule has 0 radical (unpaired) electrons. The normalized spacial score (nSPS) is 32.5. The molecule has 3 aromatic rings. The molecule has 7 aliphatic rings. The van der Waals surface area contributed by atoms with Crippen LogP contribution in [0.5, 0.6) is 0 Å². The van der Waals surface area contributed by atoms with Gasteiger partial charge in [0.05, 0.1) is 17.2 Å². The van der Waals surface area contributed by atoms with E-state index < -0.39 is 0 Å². The van der Waals surface area contributed by atoms with Crippen molar-refractivity contribution in [2.24, 2.45) is 16.3 Å². The maximum atomic E-state index is 7.05. The first kappa shape index (κ1) is 40.9. The topological polar surface area (TPSA) is 67.8 Å². The number of aliphatic imine (C=N–C) groups is 1.